The first kappa shape index (κ1) is 19.6. The summed E-state index contributed by atoms with van der Waals surface area (Å²) in [7, 11) is 1.69. The third-order valence-electron chi connectivity index (χ3n) is 4.75. The van der Waals surface area contributed by atoms with Gasteiger partial charge in [-0.15, -0.1) is 0 Å². The summed E-state index contributed by atoms with van der Waals surface area (Å²) in [6.07, 6.45) is 2.94. The van der Waals surface area contributed by atoms with Crippen LogP contribution in [0.4, 0.5) is 0 Å². The van der Waals surface area contributed by atoms with Crippen LogP contribution in [0, 0.1) is 6.92 Å². The van der Waals surface area contributed by atoms with Gasteiger partial charge in [-0.05, 0) is 43.5 Å². The average Bonchev–Trinajstić information content (AvgIpc) is 2.71. The number of hydrogen-bond donors (Lipinski definition) is 0. The number of benzene rings is 1. The summed E-state index contributed by atoms with van der Waals surface area (Å²) in [5.41, 5.74) is 2.18. The van der Waals surface area contributed by atoms with E-state index in [1.54, 1.807) is 13.1 Å². The second-order valence-corrected chi connectivity index (χ2v) is 6.73. The van der Waals surface area contributed by atoms with Gasteiger partial charge in [-0.25, -0.2) is 4.98 Å². The van der Waals surface area contributed by atoms with E-state index in [2.05, 4.69) is 11.9 Å². The first-order valence-corrected chi connectivity index (χ1v) is 9.46. The number of carbonyl (C=O) groups is 1. The van der Waals surface area contributed by atoms with Crippen LogP contribution < -0.4 is 10.3 Å². The zero-order chi connectivity index (χ0) is 20.1. The van der Waals surface area contributed by atoms with Gasteiger partial charge in [0.2, 0.25) is 0 Å². The predicted molar refractivity (Wildman–Crippen MR) is 109 cm³/mol. The molecule has 3 aromatic rings. The molecule has 0 saturated heterocycles. The minimum atomic E-state index is -0.340. The van der Waals surface area contributed by atoms with Crippen molar-refractivity contribution in [2.24, 2.45) is 0 Å². The minimum Gasteiger partial charge on any atom is -0.493 e. The fourth-order valence-electron chi connectivity index (χ4n) is 3.15. The van der Waals surface area contributed by atoms with Crippen LogP contribution in [-0.2, 0) is 6.42 Å². The van der Waals surface area contributed by atoms with Crippen LogP contribution in [0.5, 0.6) is 5.75 Å². The summed E-state index contributed by atoms with van der Waals surface area (Å²) >= 11 is 0. The lowest BCUT2D eigenvalue weighted by atomic mass is 10.1. The lowest BCUT2D eigenvalue weighted by Gasteiger charge is -2.18. The second kappa shape index (κ2) is 8.69. The normalized spacial score (nSPS) is 10.8. The molecule has 2 heterocycles. The van der Waals surface area contributed by atoms with Gasteiger partial charge in [-0.1, -0.05) is 31.2 Å². The summed E-state index contributed by atoms with van der Waals surface area (Å²) in [6, 6.07) is 13.4. The Morgan fingerprint density at radius 3 is 2.75 bits per heavy atom. The molecule has 1 aromatic carbocycles. The molecule has 0 fully saturated rings. The molecular weight excluding hydrogens is 354 g/mol. The van der Waals surface area contributed by atoms with Gasteiger partial charge in [-0.2, -0.15) is 0 Å². The van der Waals surface area contributed by atoms with E-state index in [0.717, 1.165) is 23.4 Å². The van der Waals surface area contributed by atoms with Crippen molar-refractivity contribution in [2.45, 2.75) is 26.7 Å². The molecule has 146 valence electrons. The van der Waals surface area contributed by atoms with Crippen molar-refractivity contribution in [1.82, 2.24) is 14.3 Å². The number of para-hydroxylation sites is 1. The maximum absolute atomic E-state index is 12.7. The van der Waals surface area contributed by atoms with Gasteiger partial charge < -0.3 is 9.64 Å². The Morgan fingerprint density at radius 2 is 1.96 bits per heavy atom. The first-order valence-electron chi connectivity index (χ1n) is 9.46. The number of amides is 1. The molecule has 0 aliphatic carbocycles. The Bertz CT molecular complexity index is 1040. The third kappa shape index (κ3) is 4.06. The van der Waals surface area contributed by atoms with Crippen LogP contribution in [0.2, 0.25) is 0 Å². The van der Waals surface area contributed by atoms with Crippen LogP contribution in [0.25, 0.3) is 5.65 Å². The molecule has 0 spiro atoms. The van der Waals surface area contributed by atoms with Gasteiger partial charge in [0.15, 0.2) is 0 Å². The molecule has 28 heavy (non-hydrogen) atoms. The first-order chi connectivity index (χ1) is 13.5. The highest BCUT2D eigenvalue weighted by atomic mass is 16.5. The fourth-order valence-corrected chi connectivity index (χ4v) is 3.15. The van der Waals surface area contributed by atoms with Gasteiger partial charge in [0.25, 0.3) is 11.5 Å². The number of aromatic nitrogens is 2. The Kier molecular flexibility index (Phi) is 6.09. The SMILES string of the molecule is CCc1ccccc1OCCCN(C)C(=O)c1cnc2cccc(C)n2c1=O. The molecule has 0 N–H and O–H groups in total. The average molecular weight is 379 g/mol. The molecule has 0 saturated carbocycles. The van der Waals surface area contributed by atoms with E-state index < -0.39 is 0 Å². The van der Waals surface area contributed by atoms with Crippen LogP contribution >= 0.6 is 0 Å². The third-order valence-corrected chi connectivity index (χ3v) is 4.75. The van der Waals surface area contributed by atoms with Crippen molar-refractivity contribution in [3.05, 3.63) is 75.8 Å². The number of fused-ring (bicyclic) bond motifs is 1. The van der Waals surface area contributed by atoms with E-state index >= 15 is 0 Å². The van der Waals surface area contributed by atoms with Crippen molar-refractivity contribution in [3.63, 3.8) is 0 Å². The van der Waals surface area contributed by atoms with Crippen molar-refractivity contribution in [3.8, 4) is 5.75 Å². The number of carbonyl (C=O) groups excluding carboxylic acids is 1. The second-order valence-electron chi connectivity index (χ2n) is 6.73. The van der Waals surface area contributed by atoms with Gasteiger partial charge in [0.05, 0.1) is 6.61 Å². The lowest BCUT2D eigenvalue weighted by molar-refractivity contribution is 0.0785. The van der Waals surface area contributed by atoms with E-state index in [0.29, 0.717) is 25.2 Å². The molecular formula is C22H25N3O3. The largest absolute Gasteiger partial charge is 0.493 e. The summed E-state index contributed by atoms with van der Waals surface area (Å²) < 4.78 is 7.31. The van der Waals surface area contributed by atoms with Crippen molar-refractivity contribution >= 4 is 11.6 Å². The van der Waals surface area contributed by atoms with Crippen molar-refractivity contribution in [1.29, 1.82) is 0 Å². The highest BCUT2D eigenvalue weighted by molar-refractivity contribution is 5.93. The molecule has 6 nitrogen and oxygen atoms in total. The number of pyridine rings is 1. The lowest BCUT2D eigenvalue weighted by Crippen LogP contribution is -2.34. The van der Waals surface area contributed by atoms with Gasteiger partial charge in [0, 0.05) is 25.5 Å². The van der Waals surface area contributed by atoms with Crippen molar-refractivity contribution in [2.75, 3.05) is 20.2 Å². The summed E-state index contributed by atoms with van der Waals surface area (Å²) in [6.45, 7) is 4.90. The standard InChI is InChI=1S/C22H25N3O3/c1-4-17-10-5-6-11-19(17)28-14-8-13-24(3)21(26)18-15-23-20-12-7-9-16(2)25(20)22(18)27/h5-7,9-12,15H,4,8,13-14H2,1-3H3. The topological polar surface area (TPSA) is 63.9 Å². The van der Waals surface area contributed by atoms with Gasteiger partial charge >= 0.3 is 0 Å². The molecule has 2 aromatic heterocycles. The Labute approximate surface area is 164 Å². The maximum atomic E-state index is 12.7. The number of nitrogens with zero attached hydrogens (tertiary/aromatic N) is 3. The summed E-state index contributed by atoms with van der Waals surface area (Å²) in [5.74, 6) is 0.551. The zero-order valence-electron chi connectivity index (χ0n) is 16.5. The van der Waals surface area contributed by atoms with Crippen LogP contribution in [0.3, 0.4) is 0 Å². The monoisotopic (exact) mass is 379 g/mol. The molecule has 0 aliphatic heterocycles. The molecule has 1 amide bonds. The Balaban J connectivity index is 1.63. The van der Waals surface area contributed by atoms with E-state index in [1.807, 2.05) is 43.3 Å². The quantitative estimate of drug-likeness (QED) is 0.592. The summed E-state index contributed by atoms with van der Waals surface area (Å²) in [5, 5.41) is 0. The van der Waals surface area contributed by atoms with E-state index in [9.17, 15) is 9.59 Å². The highest BCUT2D eigenvalue weighted by Crippen LogP contribution is 2.18. The highest BCUT2D eigenvalue weighted by Gasteiger charge is 2.18. The van der Waals surface area contributed by atoms with E-state index in [-0.39, 0.29) is 17.0 Å². The zero-order valence-corrected chi connectivity index (χ0v) is 16.5. The molecule has 0 bridgehead atoms. The molecule has 6 heteroatoms. The minimum absolute atomic E-state index is 0.0755. The fraction of sp³-hybridized carbons (Fsp3) is 0.318. The van der Waals surface area contributed by atoms with Crippen molar-refractivity contribution < 1.29 is 9.53 Å². The maximum Gasteiger partial charge on any atom is 0.270 e. The van der Waals surface area contributed by atoms with Crippen LogP contribution in [-0.4, -0.2) is 40.4 Å². The van der Waals surface area contributed by atoms with E-state index in [4.69, 9.17) is 4.74 Å². The van der Waals surface area contributed by atoms with Gasteiger partial charge in [-0.3, -0.25) is 14.0 Å². The van der Waals surface area contributed by atoms with Crippen LogP contribution in [0.1, 0.15) is 35.0 Å². The Hall–Kier alpha value is -3.15. The molecule has 0 unspecified atom stereocenters. The molecule has 0 radical (unpaired) electrons. The summed E-state index contributed by atoms with van der Waals surface area (Å²) in [4.78, 5) is 31.2. The van der Waals surface area contributed by atoms with Gasteiger partial charge in [0.1, 0.15) is 17.0 Å². The molecule has 0 atom stereocenters. The molecule has 3 rings (SSSR count). The Morgan fingerprint density at radius 1 is 1.18 bits per heavy atom. The van der Waals surface area contributed by atoms with Crippen LogP contribution in [0.15, 0.2) is 53.5 Å². The van der Waals surface area contributed by atoms with E-state index in [1.165, 1.54) is 15.5 Å². The number of rotatable bonds is 7. The number of hydrogen-bond acceptors (Lipinski definition) is 4. The number of ether oxygens (including phenoxy) is 1. The predicted octanol–water partition coefficient (Wildman–Crippen LogP) is 3.11. The molecule has 0 aliphatic rings. The smallest absolute Gasteiger partial charge is 0.270 e. The number of aryl methyl sites for hydroxylation is 2.